The molecule has 4 atom stereocenters. The monoisotopic (exact) mass is 282 g/mol. The third-order valence-electron chi connectivity index (χ3n) is 3.30. The number of aliphatic hydroxyl groups is 3. The number of nitrogen functional groups attached to an aromatic ring is 1. The van der Waals surface area contributed by atoms with Gasteiger partial charge in [0.25, 0.3) is 0 Å². The van der Waals surface area contributed by atoms with Gasteiger partial charge in [0.1, 0.15) is 23.6 Å². The van der Waals surface area contributed by atoms with Crippen molar-refractivity contribution < 1.29 is 20.1 Å². The normalized spacial score (nSPS) is 33.0. The lowest BCUT2D eigenvalue weighted by Gasteiger charge is -2.27. The van der Waals surface area contributed by atoms with Gasteiger partial charge in [-0.3, -0.25) is 4.57 Å². The number of hydrogen-bond acceptors (Lipinski definition) is 8. The molecule has 1 fully saturated rings. The van der Waals surface area contributed by atoms with Crippen LogP contribution in [0.5, 0.6) is 0 Å². The van der Waals surface area contributed by atoms with Crippen LogP contribution in [0.25, 0.3) is 0 Å². The van der Waals surface area contributed by atoms with Crippen LogP contribution in [0.15, 0.2) is 17.1 Å². The Morgan fingerprint density at radius 2 is 2.35 bits per heavy atom. The highest BCUT2D eigenvalue weighted by Crippen LogP contribution is 2.38. The van der Waals surface area contributed by atoms with Crippen molar-refractivity contribution in [3.05, 3.63) is 22.7 Å². The first-order valence-electron chi connectivity index (χ1n) is 5.82. The highest BCUT2D eigenvalue weighted by molar-refractivity contribution is 5.23. The molecule has 0 aromatic carbocycles. The fraction of sp³-hybridized carbons (Fsp3) is 0.545. The zero-order valence-corrected chi connectivity index (χ0v) is 10.4. The third kappa shape index (κ3) is 2.14. The molecule has 1 aliphatic rings. The lowest BCUT2D eigenvalue weighted by Crippen LogP contribution is -2.49. The lowest BCUT2D eigenvalue weighted by atomic mass is 9.89. The molecule has 1 aliphatic heterocycles. The Morgan fingerprint density at radius 3 is 2.90 bits per heavy atom. The quantitative estimate of drug-likeness (QED) is 0.483. The second-order valence-electron chi connectivity index (χ2n) is 4.51. The van der Waals surface area contributed by atoms with E-state index in [0.29, 0.717) is 0 Å². The molecule has 1 aromatic rings. The summed E-state index contributed by atoms with van der Waals surface area (Å²) in [6, 6.07) is 3.04. The minimum absolute atomic E-state index is 0.00438. The second-order valence-corrected chi connectivity index (χ2v) is 4.51. The highest BCUT2D eigenvalue weighted by Gasteiger charge is 2.55. The van der Waals surface area contributed by atoms with Gasteiger partial charge < -0.3 is 25.8 Å². The van der Waals surface area contributed by atoms with Crippen LogP contribution < -0.4 is 11.4 Å². The van der Waals surface area contributed by atoms with E-state index in [2.05, 4.69) is 4.98 Å². The van der Waals surface area contributed by atoms with E-state index < -0.39 is 42.8 Å². The van der Waals surface area contributed by atoms with Crippen molar-refractivity contribution in [2.45, 2.75) is 30.5 Å². The second kappa shape index (κ2) is 5.18. The maximum absolute atomic E-state index is 11.7. The van der Waals surface area contributed by atoms with Gasteiger partial charge in [-0.25, -0.2) is 4.79 Å². The Morgan fingerprint density at radius 1 is 1.65 bits per heavy atom. The fourth-order valence-corrected chi connectivity index (χ4v) is 2.18. The van der Waals surface area contributed by atoms with E-state index >= 15 is 0 Å². The van der Waals surface area contributed by atoms with Gasteiger partial charge in [-0.05, 0) is 6.07 Å². The summed E-state index contributed by atoms with van der Waals surface area (Å²) in [7, 11) is 0. The zero-order valence-electron chi connectivity index (χ0n) is 10.4. The summed E-state index contributed by atoms with van der Waals surface area (Å²) in [5.41, 5.74) is 2.62. The molecule has 0 amide bonds. The summed E-state index contributed by atoms with van der Waals surface area (Å²) < 4.78 is 6.22. The summed E-state index contributed by atoms with van der Waals surface area (Å²) in [4.78, 5) is 15.2. The van der Waals surface area contributed by atoms with Crippen LogP contribution in [0.1, 0.15) is 12.6 Å². The van der Waals surface area contributed by atoms with Crippen molar-refractivity contribution in [1.29, 1.82) is 5.26 Å². The summed E-state index contributed by atoms with van der Waals surface area (Å²) in [5.74, 6) is 0.00438. The Hall–Kier alpha value is -1.99. The molecule has 9 heteroatoms. The minimum Gasteiger partial charge on any atom is -0.394 e. The number of aromatic nitrogens is 2. The van der Waals surface area contributed by atoms with Crippen LogP contribution in [-0.4, -0.2) is 49.3 Å². The van der Waals surface area contributed by atoms with Crippen molar-refractivity contribution in [2.75, 3.05) is 12.3 Å². The average molecular weight is 282 g/mol. The molecule has 108 valence electrons. The van der Waals surface area contributed by atoms with Crippen LogP contribution in [-0.2, 0) is 4.74 Å². The molecule has 1 saturated heterocycles. The number of nitriles is 1. The van der Waals surface area contributed by atoms with E-state index in [1.807, 2.05) is 0 Å². The van der Waals surface area contributed by atoms with Crippen LogP contribution in [0, 0.1) is 11.3 Å². The van der Waals surface area contributed by atoms with E-state index in [9.17, 15) is 20.1 Å². The van der Waals surface area contributed by atoms with E-state index in [1.165, 1.54) is 12.3 Å². The van der Waals surface area contributed by atoms with Gasteiger partial charge in [-0.2, -0.15) is 10.2 Å². The molecular weight excluding hydrogens is 268 g/mol. The lowest BCUT2D eigenvalue weighted by molar-refractivity contribution is -0.0895. The van der Waals surface area contributed by atoms with Gasteiger partial charge in [-0.15, -0.1) is 0 Å². The maximum Gasteiger partial charge on any atom is 0.351 e. The minimum atomic E-state index is -1.96. The van der Waals surface area contributed by atoms with Gasteiger partial charge in [0.05, 0.1) is 19.1 Å². The molecule has 0 unspecified atom stereocenters. The topological polar surface area (TPSA) is 155 Å². The van der Waals surface area contributed by atoms with Crippen LogP contribution >= 0.6 is 0 Å². The van der Waals surface area contributed by atoms with Gasteiger partial charge >= 0.3 is 5.69 Å². The molecule has 20 heavy (non-hydrogen) atoms. The molecule has 0 aliphatic carbocycles. The van der Waals surface area contributed by atoms with Gasteiger partial charge in [0, 0.05) is 6.20 Å². The molecule has 0 radical (unpaired) electrons. The van der Waals surface area contributed by atoms with Crippen molar-refractivity contribution in [3.63, 3.8) is 0 Å². The summed E-state index contributed by atoms with van der Waals surface area (Å²) in [5, 5.41) is 38.3. The first-order valence-corrected chi connectivity index (χ1v) is 5.82. The predicted octanol–water partition coefficient (Wildman–Crippen LogP) is -2.28. The van der Waals surface area contributed by atoms with Crippen molar-refractivity contribution in [2.24, 2.45) is 0 Å². The first-order chi connectivity index (χ1) is 9.43. The SMILES string of the molecule is N#CC[C@@]1(O)[C@@H](CO)O[C@@H](n2ccc(N)nc2=O)[C@@H]1O. The largest absolute Gasteiger partial charge is 0.394 e. The average Bonchev–Trinajstić information content (AvgIpc) is 2.63. The first kappa shape index (κ1) is 14.4. The van der Waals surface area contributed by atoms with Crippen LogP contribution in [0.4, 0.5) is 5.82 Å². The molecule has 1 aromatic heterocycles. The van der Waals surface area contributed by atoms with E-state index in [4.69, 9.17) is 15.7 Å². The molecule has 2 heterocycles. The maximum atomic E-state index is 11.7. The van der Waals surface area contributed by atoms with Crippen molar-refractivity contribution in [3.8, 4) is 6.07 Å². The van der Waals surface area contributed by atoms with Gasteiger partial charge in [0.15, 0.2) is 6.23 Å². The Labute approximate surface area is 113 Å². The summed E-state index contributed by atoms with van der Waals surface area (Å²) in [6.45, 7) is -0.608. The van der Waals surface area contributed by atoms with Gasteiger partial charge in [0.2, 0.25) is 0 Å². The number of nitrogens with two attached hydrogens (primary N) is 1. The Bertz CT molecular complexity index is 597. The third-order valence-corrected chi connectivity index (χ3v) is 3.30. The smallest absolute Gasteiger partial charge is 0.351 e. The Balaban J connectivity index is 2.40. The number of aliphatic hydroxyl groups excluding tert-OH is 2. The summed E-state index contributed by atoms with van der Waals surface area (Å²) in [6.07, 6.45) is -3.21. The van der Waals surface area contributed by atoms with E-state index in [1.54, 1.807) is 6.07 Å². The van der Waals surface area contributed by atoms with Gasteiger partial charge in [-0.1, -0.05) is 0 Å². The number of nitrogens with zero attached hydrogens (tertiary/aromatic N) is 3. The predicted molar refractivity (Wildman–Crippen MR) is 65.1 cm³/mol. The number of rotatable bonds is 3. The highest BCUT2D eigenvalue weighted by atomic mass is 16.6. The Kier molecular flexibility index (Phi) is 3.74. The van der Waals surface area contributed by atoms with Crippen LogP contribution in [0.2, 0.25) is 0 Å². The van der Waals surface area contributed by atoms with Crippen molar-refractivity contribution in [1.82, 2.24) is 9.55 Å². The molecule has 0 saturated carbocycles. The zero-order chi connectivity index (χ0) is 14.9. The molecule has 9 nitrogen and oxygen atoms in total. The standard InChI is InChI=1S/C11H14N4O5/c12-3-2-11(19)6(5-16)20-9(8(11)17)15-4-1-7(13)14-10(15)18/h1,4,6,8-9,16-17,19H,2,5H2,(H2,13,14,18)/t6-,8+,9-,11-/m1/s1. The molecular formula is C11H14N4O5. The van der Waals surface area contributed by atoms with Crippen LogP contribution in [0.3, 0.4) is 0 Å². The molecule has 0 spiro atoms. The van der Waals surface area contributed by atoms with Crippen molar-refractivity contribution >= 4 is 5.82 Å². The molecule has 2 rings (SSSR count). The van der Waals surface area contributed by atoms with E-state index in [-0.39, 0.29) is 5.82 Å². The number of anilines is 1. The number of ether oxygens (including phenoxy) is 1. The molecule has 0 bridgehead atoms. The number of hydrogen-bond donors (Lipinski definition) is 4. The summed E-state index contributed by atoms with van der Waals surface area (Å²) >= 11 is 0. The molecule has 5 N–H and O–H groups in total. The van der Waals surface area contributed by atoms with E-state index in [0.717, 1.165) is 4.57 Å². The fourth-order valence-electron chi connectivity index (χ4n) is 2.18.